The Hall–Kier alpha value is -4.33. The predicted octanol–water partition coefficient (Wildman–Crippen LogP) is -0.569. The van der Waals surface area contributed by atoms with Gasteiger partial charge in [0.2, 0.25) is 27.7 Å². The van der Waals surface area contributed by atoms with Crippen LogP contribution < -0.4 is 15.4 Å². The van der Waals surface area contributed by atoms with Gasteiger partial charge in [-0.15, -0.1) is 10.2 Å². The number of ketones is 2. The number of nitrogens with zero attached hydrogens (tertiary/aromatic N) is 3. The van der Waals surface area contributed by atoms with E-state index in [0.717, 1.165) is 0 Å². The molecule has 20 heteroatoms. The molecule has 0 aliphatic rings. The van der Waals surface area contributed by atoms with Crippen molar-refractivity contribution in [1.29, 1.82) is 0 Å². The van der Waals surface area contributed by atoms with Crippen molar-refractivity contribution in [2.24, 2.45) is 5.92 Å². The van der Waals surface area contributed by atoms with Crippen LogP contribution >= 0.6 is 0 Å². The average Bonchev–Trinajstić information content (AvgIpc) is 3.52. The van der Waals surface area contributed by atoms with E-state index in [9.17, 15) is 52.2 Å². The maximum Gasteiger partial charge on any atom is 0.326 e. The maximum absolute atomic E-state index is 12.3. The lowest BCUT2D eigenvalue weighted by Gasteiger charge is -2.16. The van der Waals surface area contributed by atoms with E-state index in [1.807, 2.05) is 4.72 Å². The van der Waals surface area contributed by atoms with Crippen LogP contribution in [0.25, 0.3) is 0 Å². The lowest BCUT2D eigenvalue weighted by atomic mass is 9.95. The third-order valence-corrected chi connectivity index (χ3v) is 8.29. The van der Waals surface area contributed by atoms with Crippen molar-refractivity contribution in [3.63, 3.8) is 0 Å². The molecule has 0 spiro atoms. The molecule has 1 aromatic rings. The molecule has 19 nitrogen and oxygen atoms in total. The Morgan fingerprint density at radius 2 is 1.52 bits per heavy atom. The first-order valence-corrected chi connectivity index (χ1v) is 17.2. The van der Waals surface area contributed by atoms with Crippen LogP contribution in [0.2, 0.25) is 0 Å². The minimum absolute atomic E-state index is 0.0513. The number of Topliss-reactive ketones (excluding diaryl/α,β-unsaturated/α-hetero) is 2. The third-order valence-electron chi connectivity index (χ3n) is 6.93. The molecule has 0 saturated carbocycles. The van der Waals surface area contributed by atoms with Crippen molar-refractivity contribution in [3.8, 4) is 0 Å². The summed E-state index contributed by atoms with van der Waals surface area (Å²) in [5, 5.41) is 36.8. The summed E-state index contributed by atoms with van der Waals surface area (Å²) in [6, 6.07) is -1.32. The highest BCUT2D eigenvalue weighted by Gasteiger charge is 2.25. The molecule has 1 heterocycles. The number of aromatic nitrogens is 4. The number of amides is 3. The first-order chi connectivity index (χ1) is 22.7. The quantitative estimate of drug-likeness (QED) is 0.0596. The Kier molecular flexibility index (Phi) is 20.0. The number of rotatable bonds is 28. The van der Waals surface area contributed by atoms with Gasteiger partial charge in [0.25, 0.3) is 0 Å². The second kappa shape index (κ2) is 23.1. The molecule has 3 amide bonds. The number of tetrazole rings is 1. The summed E-state index contributed by atoms with van der Waals surface area (Å²) >= 11 is 0. The zero-order valence-corrected chi connectivity index (χ0v) is 27.7. The van der Waals surface area contributed by atoms with Crippen LogP contribution in [0, 0.1) is 5.92 Å². The first kappa shape index (κ1) is 41.7. The van der Waals surface area contributed by atoms with Gasteiger partial charge in [-0.05, 0) is 38.5 Å². The number of methoxy groups -OCH3 is 1. The fourth-order valence-corrected chi connectivity index (χ4v) is 5.43. The van der Waals surface area contributed by atoms with E-state index < -0.39 is 63.2 Å². The molecular weight excluding hydrogens is 658 g/mol. The van der Waals surface area contributed by atoms with E-state index in [4.69, 9.17) is 4.74 Å². The van der Waals surface area contributed by atoms with Crippen molar-refractivity contribution < 1.29 is 56.9 Å². The minimum atomic E-state index is -3.93. The minimum Gasteiger partial charge on any atom is -0.481 e. The highest BCUT2D eigenvalue weighted by Crippen LogP contribution is 2.15. The van der Waals surface area contributed by atoms with Crippen LogP contribution in [0.3, 0.4) is 0 Å². The summed E-state index contributed by atoms with van der Waals surface area (Å²) in [4.78, 5) is 83.6. The Labute approximate surface area is 277 Å². The Bertz CT molecular complexity index is 1320. The fourth-order valence-electron chi connectivity index (χ4n) is 4.36. The number of H-pyrrole nitrogens is 1. The Morgan fingerprint density at radius 1 is 0.812 bits per heavy atom. The summed E-state index contributed by atoms with van der Waals surface area (Å²) in [5.41, 5.74) is 0. The van der Waals surface area contributed by atoms with Crippen LogP contribution in [0.1, 0.15) is 89.3 Å². The van der Waals surface area contributed by atoms with E-state index in [-0.39, 0.29) is 83.0 Å². The number of aryl methyl sites for hydroxylation is 1. The molecule has 270 valence electrons. The van der Waals surface area contributed by atoms with Gasteiger partial charge in [-0.1, -0.05) is 5.21 Å². The zero-order chi connectivity index (χ0) is 36.0. The van der Waals surface area contributed by atoms with Crippen molar-refractivity contribution >= 4 is 51.2 Å². The monoisotopic (exact) mass is 703 g/mol. The van der Waals surface area contributed by atoms with Crippen LogP contribution in [0.15, 0.2) is 0 Å². The molecule has 0 bridgehead atoms. The normalized spacial score (nSPS) is 12.4. The number of carbonyl (C=O) groups is 7. The van der Waals surface area contributed by atoms with E-state index in [2.05, 4.69) is 31.3 Å². The lowest BCUT2D eigenvalue weighted by Crippen LogP contribution is -2.41. The van der Waals surface area contributed by atoms with Gasteiger partial charge in [-0.2, -0.15) is 5.21 Å². The number of hydrogen-bond acceptors (Lipinski definition) is 13. The summed E-state index contributed by atoms with van der Waals surface area (Å²) in [6.45, 7) is 0.474. The Morgan fingerprint density at radius 3 is 2.17 bits per heavy atom. The van der Waals surface area contributed by atoms with Crippen molar-refractivity contribution in [1.82, 2.24) is 36.0 Å². The predicted molar refractivity (Wildman–Crippen MR) is 165 cm³/mol. The van der Waals surface area contributed by atoms with E-state index >= 15 is 0 Å². The fraction of sp³-hybridized carbons (Fsp3) is 0.714. The summed E-state index contributed by atoms with van der Waals surface area (Å²) in [5.74, 6) is -6.32. The molecule has 0 fully saturated rings. The van der Waals surface area contributed by atoms with Gasteiger partial charge < -0.3 is 25.6 Å². The number of carbonyl (C=O) groups excluding carboxylic acids is 5. The second-order valence-corrected chi connectivity index (χ2v) is 12.9. The van der Waals surface area contributed by atoms with Gasteiger partial charge in [-0.3, -0.25) is 33.5 Å². The van der Waals surface area contributed by atoms with Gasteiger partial charge in [0.15, 0.2) is 5.82 Å². The van der Waals surface area contributed by atoms with Gasteiger partial charge >= 0.3 is 11.9 Å². The van der Waals surface area contributed by atoms with E-state index in [1.165, 1.54) is 7.11 Å². The smallest absolute Gasteiger partial charge is 0.326 e. The summed E-state index contributed by atoms with van der Waals surface area (Å²) < 4.78 is 31.0. The average molecular weight is 704 g/mol. The highest BCUT2D eigenvalue weighted by molar-refractivity contribution is 7.90. The molecule has 0 saturated heterocycles. The number of carboxylic acid groups (broad SMARTS) is 2. The summed E-state index contributed by atoms with van der Waals surface area (Å²) in [6.07, 6.45) is 0.161. The molecule has 0 aliphatic heterocycles. The molecule has 48 heavy (non-hydrogen) atoms. The molecule has 6 N–H and O–H groups in total. The molecule has 0 radical (unpaired) electrons. The molecular formula is C28H45N7O12S. The maximum atomic E-state index is 12.3. The highest BCUT2D eigenvalue weighted by atomic mass is 32.2. The lowest BCUT2D eigenvalue weighted by molar-refractivity contribution is -0.145. The first-order valence-electron chi connectivity index (χ1n) is 15.5. The number of ether oxygens (including phenoxy) is 1. The molecule has 2 atom stereocenters. The molecule has 1 rings (SSSR count). The standard InChI is InChI=1S/C28H45N7O12S/c1-47-16-4-7-20(36)12-13-22(28(43)44)30-25(39)14-11-19(27(41)42)18-21(37)6-3-15-29-24(38)10-5-17-48(45,46)33-26(40)9-2-8-23-31-34-35-32-23/h19,22H,2-18H2,1H3,(H,29,38)(H,30,39)(H,33,40)(H,41,42)(H,43,44)(H,31,32,34,35)/t19-,22?/m1/s1. The van der Waals surface area contributed by atoms with Crippen molar-refractivity contribution in [3.05, 3.63) is 5.82 Å². The second-order valence-electron chi connectivity index (χ2n) is 11.0. The number of hydrogen-bond donors (Lipinski definition) is 6. The zero-order valence-electron chi connectivity index (χ0n) is 26.9. The Balaban J connectivity index is 2.29. The number of aliphatic carboxylic acids is 2. The number of nitrogens with one attached hydrogen (secondary N) is 4. The topological polar surface area (TPSA) is 294 Å². The molecule has 0 aromatic carbocycles. The van der Waals surface area contributed by atoms with Gasteiger partial charge in [-0.25, -0.2) is 13.2 Å². The SMILES string of the molecule is COCCCC(=O)CCC(NC(=O)CC[C@H](CC(=O)CCCNC(=O)CCCS(=O)(=O)NC(=O)CCCc1nn[nH]n1)C(=O)O)C(=O)O. The van der Waals surface area contributed by atoms with Crippen LogP contribution in [-0.4, -0.2) is 113 Å². The van der Waals surface area contributed by atoms with E-state index in [1.54, 1.807) is 0 Å². The van der Waals surface area contributed by atoms with Crippen LogP contribution in [0.4, 0.5) is 0 Å². The van der Waals surface area contributed by atoms with Gasteiger partial charge in [0.05, 0.1) is 11.7 Å². The van der Waals surface area contributed by atoms with Crippen LogP contribution in [-0.2, 0) is 54.7 Å². The number of aromatic amines is 1. The number of sulfonamides is 1. The summed E-state index contributed by atoms with van der Waals surface area (Å²) in [7, 11) is -2.44. The van der Waals surface area contributed by atoms with E-state index in [0.29, 0.717) is 31.7 Å². The van der Waals surface area contributed by atoms with Crippen molar-refractivity contribution in [2.75, 3.05) is 26.0 Å². The van der Waals surface area contributed by atoms with Gasteiger partial charge in [0.1, 0.15) is 17.6 Å². The third kappa shape index (κ3) is 20.0. The molecule has 0 aliphatic carbocycles. The largest absolute Gasteiger partial charge is 0.481 e. The van der Waals surface area contributed by atoms with Crippen molar-refractivity contribution in [2.45, 2.75) is 95.9 Å². The van der Waals surface area contributed by atoms with Crippen LogP contribution in [0.5, 0.6) is 0 Å². The van der Waals surface area contributed by atoms with Gasteiger partial charge in [0, 0.05) is 71.6 Å². The number of carboxylic acids is 2. The molecule has 1 unspecified atom stereocenters. The molecule has 1 aromatic heterocycles.